The third-order valence-electron chi connectivity index (χ3n) is 1.91. The molecule has 0 aromatic carbocycles. The van der Waals surface area contributed by atoms with Crippen molar-refractivity contribution in [2.45, 2.75) is 19.8 Å². The zero-order chi connectivity index (χ0) is 7.14. The molecule has 52 valence electrons. The first kappa shape index (κ1) is 6.10. The number of hydrogen-bond acceptors (Lipinski definition) is 2. The van der Waals surface area contributed by atoms with Crippen molar-refractivity contribution in [3.8, 4) is 0 Å². The van der Waals surface area contributed by atoms with Crippen LogP contribution in [0, 0.1) is 6.92 Å². The number of carbonyl (C=O) groups excluding carboxylic acids is 1. The Morgan fingerprint density at radius 2 is 2.30 bits per heavy atom. The van der Waals surface area contributed by atoms with Crippen LogP contribution in [0.5, 0.6) is 0 Å². The number of hydrogen-bond donors (Lipinski definition) is 0. The summed E-state index contributed by atoms with van der Waals surface area (Å²) in [5.41, 5.74) is 2.19. The lowest BCUT2D eigenvalue weighted by molar-refractivity contribution is 0.0994. The van der Waals surface area contributed by atoms with Gasteiger partial charge in [-0.3, -0.25) is 4.79 Å². The van der Waals surface area contributed by atoms with Crippen LogP contribution in [0.25, 0.3) is 0 Å². The highest BCUT2D eigenvalue weighted by molar-refractivity contribution is 7.10. The van der Waals surface area contributed by atoms with E-state index in [1.807, 2.05) is 6.92 Å². The second-order valence-corrected chi connectivity index (χ2v) is 3.60. The lowest BCUT2D eigenvalue weighted by Crippen LogP contribution is -1.90. The van der Waals surface area contributed by atoms with Crippen molar-refractivity contribution in [3.63, 3.8) is 0 Å². The zero-order valence-electron chi connectivity index (χ0n) is 5.81. The van der Waals surface area contributed by atoms with Crippen molar-refractivity contribution in [2.75, 3.05) is 0 Å². The fourth-order valence-electron chi connectivity index (χ4n) is 1.41. The highest BCUT2D eigenvalue weighted by Gasteiger charge is 2.22. The molecule has 0 spiro atoms. The number of ketones is 1. The third kappa shape index (κ3) is 0.655. The smallest absolute Gasteiger partial charge is 0.164 e. The molecular formula is C8H8OS. The molecule has 0 N–H and O–H groups in total. The predicted molar refractivity (Wildman–Crippen MR) is 41.7 cm³/mol. The summed E-state index contributed by atoms with van der Waals surface area (Å²) in [6, 6.07) is 0. The number of Topliss-reactive ketones (excluding diaryl/α,β-unsaturated/α-hetero) is 1. The predicted octanol–water partition coefficient (Wildman–Crippen LogP) is 2.19. The summed E-state index contributed by atoms with van der Waals surface area (Å²) in [7, 11) is 0. The normalized spacial score (nSPS) is 15.9. The first-order valence-corrected chi connectivity index (χ1v) is 4.27. The minimum absolute atomic E-state index is 0.341. The molecule has 0 fully saturated rings. The van der Waals surface area contributed by atoms with Crippen LogP contribution in [-0.4, -0.2) is 5.78 Å². The molecular weight excluding hydrogens is 144 g/mol. The second-order valence-electron chi connectivity index (χ2n) is 2.64. The summed E-state index contributed by atoms with van der Waals surface area (Å²) in [5.74, 6) is 0.341. The molecule has 1 aliphatic rings. The lowest BCUT2D eigenvalue weighted by Gasteiger charge is -1.87. The van der Waals surface area contributed by atoms with Gasteiger partial charge in [-0.2, -0.15) is 0 Å². The summed E-state index contributed by atoms with van der Waals surface area (Å²) in [4.78, 5) is 12.4. The third-order valence-corrected chi connectivity index (χ3v) is 3.07. The minimum atomic E-state index is 0.341. The van der Waals surface area contributed by atoms with E-state index in [1.165, 1.54) is 10.4 Å². The Hall–Kier alpha value is -0.630. The molecule has 0 atom stereocenters. The fraction of sp³-hybridized carbons (Fsp3) is 0.375. The summed E-state index contributed by atoms with van der Waals surface area (Å²) >= 11 is 1.72. The van der Waals surface area contributed by atoms with Crippen molar-refractivity contribution in [1.29, 1.82) is 0 Å². The van der Waals surface area contributed by atoms with Crippen LogP contribution in [0.4, 0.5) is 0 Å². The first-order chi connectivity index (χ1) is 4.79. The fourth-order valence-corrected chi connectivity index (χ4v) is 2.46. The van der Waals surface area contributed by atoms with Gasteiger partial charge in [0.2, 0.25) is 0 Å². The Labute approximate surface area is 63.7 Å². The molecule has 0 unspecified atom stereocenters. The van der Waals surface area contributed by atoms with Gasteiger partial charge in [-0.1, -0.05) is 0 Å². The SMILES string of the molecule is Cc1csc2c1C(=O)CC2. The van der Waals surface area contributed by atoms with Crippen molar-refractivity contribution >= 4 is 17.1 Å². The maximum absolute atomic E-state index is 11.2. The molecule has 1 nitrogen and oxygen atoms in total. The van der Waals surface area contributed by atoms with Crippen LogP contribution in [0.3, 0.4) is 0 Å². The zero-order valence-corrected chi connectivity index (χ0v) is 6.62. The summed E-state index contributed by atoms with van der Waals surface area (Å²) < 4.78 is 0. The van der Waals surface area contributed by atoms with Crippen LogP contribution in [0.15, 0.2) is 5.38 Å². The quantitative estimate of drug-likeness (QED) is 0.557. The van der Waals surface area contributed by atoms with Crippen LogP contribution < -0.4 is 0 Å². The molecule has 1 aromatic rings. The Balaban J connectivity index is 2.65. The Bertz CT molecular complexity index is 285. The lowest BCUT2D eigenvalue weighted by atomic mass is 10.2. The average Bonchev–Trinajstić information content (AvgIpc) is 2.40. The Morgan fingerprint density at radius 3 is 3.00 bits per heavy atom. The molecule has 2 rings (SSSR count). The van der Waals surface area contributed by atoms with E-state index in [0.29, 0.717) is 5.78 Å². The number of thiophene rings is 1. The van der Waals surface area contributed by atoms with E-state index in [2.05, 4.69) is 5.38 Å². The Kier molecular flexibility index (Phi) is 1.17. The standard InChI is InChI=1S/C8H8OS/c1-5-4-10-7-3-2-6(9)8(5)7/h4H,2-3H2,1H3. The van der Waals surface area contributed by atoms with Gasteiger partial charge in [0.05, 0.1) is 0 Å². The maximum Gasteiger partial charge on any atom is 0.164 e. The van der Waals surface area contributed by atoms with Crippen LogP contribution in [0.2, 0.25) is 0 Å². The van der Waals surface area contributed by atoms with Gasteiger partial charge in [-0.05, 0) is 24.3 Å². The van der Waals surface area contributed by atoms with Gasteiger partial charge in [0.15, 0.2) is 5.78 Å². The van der Waals surface area contributed by atoms with E-state index < -0.39 is 0 Å². The van der Waals surface area contributed by atoms with E-state index in [0.717, 1.165) is 18.4 Å². The molecule has 1 aliphatic carbocycles. The van der Waals surface area contributed by atoms with Crippen LogP contribution >= 0.6 is 11.3 Å². The van der Waals surface area contributed by atoms with E-state index in [1.54, 1.807) is 11.3 Å². The van der Waals surface area contributed by atoms with Gasteiger partial charge in [-0.15, -0.1) is 11.3 Å². The molecule has 0 saturated heterocycles. The Morgan fingerprint density at radius 1 is 1.50 bits per heavy atom. The van der Waals surface area contributed by atoms with Crippen molar-refractivity contribution < 1.29 is 4.79 Å². The first-order valence-electron chi connectivity index (χ1n) is 3.39. The number of fused-ring (bicyclic) bond motifs is 1. The second kappa shape index (κ2) is 1.92. The molecule has 0 radical (unpaired) electrons. The topological polar surface area (TPSA) is 17.1 Å². The van der Waals surface area contributed by atoms with E-state index in [-0.39, 0.29) is 0 Å². The molecule has 1 heterocycles. The maximum atomic E-state index is 11.2. The van der Waals surface area contributed by atoms with Crippen molar-refractivity contribution in [2.24, 2.45) is 0 Å². The van der Waals surface area contributed by atoms with E-state index in [9.17, 15) is 4.79 Å². The minimum Gasteiger partial charge on any atom is -0.294 e. The molecule has 0 aliphatic heterocycles. The van der Waals surface area contributed by atoms with E-state index in [4.69, 9.17) is 0 Å². The average molecular weight is 152 g/mol. The number of carbonyl (C=O) groups is 1. The molecule has 0 amide bonds. The number of aryl methyl sites for hydroxylation is 2. The van der Waals surface area contributed by atoms with Gasteiger partial charge in [0, 0.05) is 16.9 Å². The summed E-state index contributed by atoms with van der Waals surface area (Å²) in [5, 5.41) is 2.07. The summed E-state index contributed by atoms with van der Waals surface area (Å²) in [6.45, 7) is 2.01. The van der Waals surface area contributed by atoms with Gasteiger partial charge in [0.1, 0.15) is 0 Å². The molecule has 1 aromatic heterocycles. The monoisotopic (exact) mass is 152 g/mol. The highest BCUT2D eigenvalue weighted by Crippen LogP contribution is 2.30. The largest absolute Gasteiger partial charge is 0.294 e. The van der Waals surface area contributed by atoms with Gasteiger partial charge >= 0.3 is 0 Å². The van der Waals surface area contributed by atoms with Crippen molar-refractivity contribution in [3.05, 3.63) is 21.4 Å². The van der Waals surface area contributed by atoms with E-state index >= 15 is 0 Å². The van der Waals surface area contributed by atoms with Crippen LogP contribution in [-0.2, 0) is 6.42 Å². The van der Waals surface area contributed by atoms with Gasteiger partial charge in [0.25, 0.3) is 0 Å². The molecule has 10 heavy (non-hydrogen) atoms. The molecule has 2 heteroatoms. The number of rotatable bonds is 0. The van der Waals surface area contributed by atoms with Gasteiger partial charge < -0.3 is 0 Å². The summed E-state index contributed by atoms with van der Waals surface area (Å²) in [6.07, 6.45) is 1.72. The van der Waals surface area contributed by atoms with Crippen LogP contribution in [0.1, 0.15) is 27.2 Å². The van der Waals surface area contributed by atoms with Crippen molar-refractivity contribution in [1.82, 2.24) is 0 Å². The highest BCUT2D eigenvalue weighted by atomic mass is 32.1. The van der Waals surface area contributed by atoms with Gasteiger partial charge in [-0.25, -0.2) is 0 Å². The molecule has 0 bridgehead atoms. The molecule has 0 saturated carbocycles.